The Morgan fingerprint density at radius 2 is 2.25 bits per heavy atom. The highest BCUT2D eigenvalue weighted by atomic mass is 16.5. The van der Waals surface area contributed by atoms with Gasteiger partial charge in [-0.15, -0.1) is 0 Å². The van der Waals surface area contributed by atoms with Crippen molar-refractivity contribution in [3.05, 3.63) is 30.1 Å². The molecule has 2 heterocycles. The van der Waals surface area contributed by atoms with Gasteiger partial charge in [-0.3, -0.25) is 4.98 Å². The average molecular weight is 220 g/mol. The van der Waals surface area contributed by atoms with E-state index in [2.05, 4.69) is 29.4 Å². The van der Waals surface area contributed by atoms with E-state index < -0.39 is 0 Å². The smallest absolute Gasteiger partial charge is 0.0699 e. The van der Waals surface area contributed by atoms with Crippen molar-refractivity contribution in [1.29, 1.82) is 0 Å². The number of hydrogen-bond acceptors (Lipinski definition) is 3. The van der Waals surface area contributed by atoms with Crippen LogP contribution in [0.4, 0.5) is 0 Å². The molecule has 0 bridgehead atoms. The molecular weight excluding hydrogens is 200 g/mol. The molecule has 3 nitrogen and oxygen atoms in total. The first kappa shape index (κ1) is 11.6. The van der Waals surface area contributed by atoms with Gasteiger partial charge >= 0.3 is 0 Å². The third kappa shape index (κ3) is 3.29. The zero-order chi connectivity index (χ0) is 11.2. The number of rotatable bonds is 4. The fraction of sp³-hybridized carbons (Fsp3) is 0.615. The molecule has 0 aliphatic carbocycles. The minimum Gasteiger partial charge on any atom is -0.377 e. The molecule has 0 saturated carbocycles. The van der Waals surface area contributed by atoms with Crippen LogP contribution < -0.4 is 5.32 Å². The van der Waals surface area contributed by atoms with Gasteiger partial charge in [0.05, 0.1) is 6.10 Å². The summed E-state index contributed by atoms with van der Waals surface area (Å²) in [5, 5.41) is 3.52. The summed E-state index contributed by atoms with van der Waals surface area (Å²) >= 11 is 0. The molecular formula is C13H20N2O. The molecule has 3 heteroatoms. The zero-order valence-corrected chi connectivity index (χ0v) is 9.86. The summed E-state index contributed by atoms with van der Waals surface area (Å²) in [6.07, 6.45) is 7.79. The van der Waals surface area contributed by atoms with Gasteiger partial charge < -0.3 is 10.1 Å². The molecule has 1 saturated heterocycles. The molecule has 0 radical (unpaired) electrons. The van der Waals surface area contributed by atoms with Crippen molar-refractivity contribution in [2.45, 2.75) is 38.3 Å². The maximum absolute atomic E-state index is 5.69. The highest BCUT2D eigenvalue weighted by molar-refractivity contribution is 5.13. The third-order valence-electron chi connectivity index (χ3n) is 3.13. The van der Waals surface area contributed by atoms with Gasteiger partial charge in [0.1, 0.15) is 0 Å². The lowest BCUT2D eigenvalue weighted by Crippen LogP contribution is -2.33. The van der Waals surface area contributed by atoms with E-state index in [1.165, 1.54) is 24.8 Å². The molecule has 2 unspecified atom stereocenters. The Morgan fingerprint density at radius 1 is 1.44 bits per heavy atom. The molecule has 0 spiro atoms. The topological polar surface area (TPSA) is 34.1 Å². The van der Waals surface area contributed by atoms with E-state index in [0.29, 0.717) is 12.1 Å². The second-order valence-electron chi connectivity index (χ2n) is 4.40. The van der Waals surface area contributed by atoms with Gasteiger partial charge in [-0.2, -0.15) is 0 Å². The zero-order valence-electron chi connectivity index (χ0n) is 9.86. The molecule has 0 amide bonds. The summed E-state index contributed by atoms with van der Waals surface area (Å²) in [7, 11) is 0. The van der Waals surface area contributed by atoms with E-state index in [9.17, 15) is 0 Å². The Bertz CT molecular complexity index is 296. The molecule has 0 aromatic carbocycles. The van der Waals surface area contributed by atoms with Crippen LogP contribution in [0.15, 0.2) is 24.5 Å². The third-order valence-corrected chi connectivity index (χ3v) is 3.13. The second-order valence-corrected chi connectivity index (χ2v) is 4.40. The SMILES string of the molecule is CC(NCC1CCCCO1)c1ccncc1. The van der Waals surface area contributed by atoms with Gasteiger partial charge in [0, 0.05) is 31.6 Å². The predicted octanol–water partition coefficient (Wildman–Crippen LogP) is 2.30. The maximum Gasteiger partial charge on any atom is 0.0699 e. The Labute approximate surface area is 97.2 Å². The summed E-state index contributed by atoms with van der Waals surface area (Å²) in [5.41, 5.74) is 1.28. The van der Waals surface area contributed by atoms with E-state index >= 15 is 0 Å². The quantitative estimate of drug-likeness (QED) is 0.845. The van der Waals surface area contributed by atoms with E-state index in [1.807, 2.05) is 12.4 Å². The molecule has 2 atom stereocenters. The lowest BCUT2D eigenvalue weighted by molar-refractivity contribution is 0.0156. The predicted molar refractivity (Wildman–Crippen MR) is 64.2 cm³/mol. The van der Waals surface area contributed by atoms with Gasteiger partial charge in [0.2, 0.25) is 0 Å². The first-order chi connectivity index (χ1) is 7.86. The molecule has 1 N–H and O–H groups in total. The molecule has 1 fully saturated rings. The van der Waals surface area contributed by atoms with Crippen molar-refractivity contribution in [3.63, 3.8) is 0 Å². The van der Waals surface area contributed by atoms with Crippen LogP contribution in [0.25, 0.3) is 0 Å². The van der Waals surface area contributed by atoms with Crippen LogP contribution in [0.2, 0.25) is 0 Å². The summed E-state index contributed by atoms with van der Waals surface area (Å²) in [4.78, 5) is 4.03. The number of nitrogens with one attached hydrogen (secondary N) is 1. The molecule has 1 aliphatic rings. The van der Waals surface area contributed by atoms with Crippen molar-refractivity contribution < 1.29 is 4.74 Å². The number of ether oxygens (including phenoxy) is 1. The van der Waals surface area contributed by atoms with E-state index in [4.69, 9.17) is 4.74 Å². The van der Waals surface area contributed by atoms with Crippen LogP contribution in [0, 0.1) is 0 Å². The van der Waals surface area contributed by atoms with Crippen molar-refractivity contribution in [3.8, 4) is 0 Å². The Morgan fingerprint density at radius 3 is 2.94 bits per heavy atom. The molecule has 1 aliphatic heterocycles. The molecule has 88 valence electrons. The highest BCUT2D eigenvalue weighted by Gasteiger charge is 2.14. The molecule has 16 heavy (non-hydrogen) atoms. The number of nitrogens with zero attached hydrogens (tertiary/aromatic N) is 1. The van der Waals surface area contributed by atoms with E-state index in [0.717, 1.165) is 13.2 Å². The van der Waals surface area contributed by atoms with Gasteiger partial charge in [-0.25, -0.2) is 0 Å². The van der Waals surface area contributed by atoms with Gasteiger partial charge in [-0.1, -0.05) is 0 Å². The largest absolute Gasteiger partial charge is 0.377 e. The fourth-order valence-corrected chi connectivity index (χ4v) is 2.05. The summed E-state index contributed by atoms with van der Waals surface area (Å²) in [5.74, 6) is 0. The first-order valence-corrected chi connectivity index (χ1v) is 6.11. The van der Waals surface area contributed by atoms with Crippen molar-refractivity contribution in [2.24, 2.45) is 0 Å². The van der Waals surface area contributed by atoms with Crippen molar-refractivity contribution in [2.75, 3.05) is 13.2 Å². The molecule has 1 aromatic heterocycles. The van der Waals surface area contributed by atoms with Crippen molar-refractivity contribution in [1.82, 2.24) is 10.3 Å². The summed E-state index contributed by atoms with van der Waals surface area (Å²) in [6, 6.07) is 4.48. The van der Waals surface area contributed by atoms with Crippen LogP contribution >= 0.6 is 0 Å². The minimum atomic E-state index is 0.369. The highest BCUT2D eigenvalue weighted by Crippen LogP contribution is 2.14. The number of pyridine rings is 1. The normalized spacial score (nSPS) is 22.9. The van der Waals surface area contributed by atoms with Crippen LogP contribution in [-0.2, 0) is 4.74 Å². The van der Waals surface area contributed by atoms with Gasteiger partial charge in [0.15, 0.2) is 0 Å². The van der Waals surface area contributed by atoms with Crippen molar-refractivity contribution >= 4 is 0 Å². The maximum atomic E-state index is 5.69. The lowest BCUT2D eigenvalue weighted by atomic mass is 10.1. The van der Waals surface area contributed by atoms with E-state index in [-0.39, 0.29) is 0 Å². The Kier molecular flexibility index (Phi) is 4.31. The summed E-state index contributed by atoms with van der Waals surface area (Å²) in [6.45, 7) is 4.05. The standard InChI is InChI=1S/C13H20N2O/c1-11(12-5-7-14-8-6-12)15-10-13-4-2-3-9-16-13/h5-8,11,13,15H,2-4,9-10H2,1H3. The average Bonchev–Trinajstić information content (AvgIpc) is 2.38. The number of hydrogen-bond donors (Lipinski definition) is 1. The van der Waals surface area contributed by atoms with Crippen LogP contribution in [-0.4, -0.2) is 24.2 Å². The fourth-order valence-electron chi connectivity index (χ4n) is 2.05. The number of aromatic nitrogens is 1. The van der Waals surface area contributed by atoms with Crippen LogP contribution in [0.3, 0.4) is 0 Å². The summed E-state index contributed by atoms with van der Waals surface area (Å²) < 4.78 is 5.69. The lowest BCUT2D eigenvalue weighted by Gasteiger charge is -2.24. The minimum absolute atomic E-state index is 0.369. The second kappa shape index (κ2) is 5.97. The Balaban J connectivity index is 1.77. The van der Waals surface area contributed by atoms with E-state index in [1.54, 1.807) is 0 Å². The Hall–Kier alpha value is -0.930. The van der Waals surface area contributed by atoms with Gasteiger partial charge in [0.25, 0.3) is 0 Å². The monoisotopic (exact) mass is 220 g/mol. The first-order valence-electron chi connectivity index (χ1n) is 6.11. The van der Waals surface area contributed by atoms with Crippen LogP contribution in [0.5, 0.6) is 0 Å². The molecule has 2 rings (SSSR count). The molecule has 1 aromatic rings. The van der Waals surface area contributed by atoms with Gasteiger partial charge in [-0.05, 0) is 43.9 Å². The van der Waals surface area contributed by atoms with Crippen LogP contribution in [0.1, 0.15) is 37.8 Å².